The first-order valence-electron chi connectivity index (χ1n) is 6.35. The van der Waals surface area contributed by atoms with Gasteiger partial charge in [-0.3, -0.25) is 4.79 Å². The number of nitrogens with one attached hydrogen (secondary N) is 1. The summed E-state index contributed by atoms with van der Waals surface area (Å²) in [5.41, 5.74) is 3.85. The Hall–Kier alpha value is -1.70. The van der Waals surface area contributed by atoms with Gasteiger partial charge in [0.25, 0.3) is 0 Å². The Balaban J connectivity index is 2.33. The molecule has 0 heterocycles. The first kappa shape index (κ1) is 15.7. The lowest BCUT2D eigenvalue weighted by atomic mass is 9.83. The lowest BCUT2D eigenvalue weighted by molar-refractivity contribution is -0.122. The van der Waals surface area contributed by atoms with E-state index in [1.54, 1.807) is 0 Å². The number of amidine groups is 1. The molecule has 5 nitrogen and oxygen atoms in total. The number of carbonyl (C=O) groups excluding carboxylic acids is 1. The van der Waals surface area contributed by atoms with Gasteiger partial charge in [0.15, 0.2) is 17.5 Å². The van der Waals surface area contributed by atoms with Gasteiger partial charge in [0.1, 0.15) is 11.1 Å². The fourth-order valence-corrected chi connectivity index (χ4v) is 2.97. The highest BCUT2D eigenvalue weighted by Gasteiger charge is 2.45. The van der Waals surface area contributed by atoms with Crippen LogP contribution >= 0.6 is 15.9 Å². The molecule has 4 N–H and O–H groups in total. The predicted molar refractivity (Wildman–Crippen MR) is 77.0 cm³/mol. The summed E-state index contributed by atoms with van der Waals surface area (Å²) in [6, 6.07) is 2.09. The van der Waals surface area contributed by atoms with Gasteiger partial charge in [0.05, 0.1) is 0 Å². The number of nitrogens with two attached hydrogens (primary N) is 1. The molecule has 0 atom stereocenters. The highest BCUT2D eigenvalue weighted by molar-refractivity contribution is 9.10. The molecule has 21 heavy (non-hydrogen) atoms. The van der Waals surface area contributed by atoms with Crippen molar-refractivity contribution in [1.82, 2.24) is 0 Å². The van der Waals surface area contributed by atoms with Crippen LogP contribution in [0, 0.1) is 17.0 Å². The molecule has 1 aliphatic rings. The molecule has 2 rings (SSSR count). The van der Waals surface area contributed by atoms with Crippen molar-refractivity contribution in [1.29, 1.82) is 0 Å². The Labute approximate surface area is 128 Å². The smallest absolute Gasteiger partial charge is 0.238 e. The normalized spacial score (nSPS) is 17.8. The van der Waals surface area contributed by atoms with Gasteiger partial charge in [-0.2, -0.15) is 0 Å². The number of anilines is 1. The number of benzene rings is 1. The number of nitrogens with zero attached hydrogens (tertiary/aromatic N) is 1. The van der Waals surface area contributed by atoms with E-state index in [9.17, 15) is 13.6 Å². The second-order valence-corrected chi connectivity index (χ2v) is 5.89. The van der Waals surface area contributed by atoms with E-state index in [4.69, 9.17) is 10.9 Å². The van der Waals surface area contributed by atoms with Crippen molar-refractivity contribution in [3.8, 4) is 0 Å². The third kappa shape index (κ3) is 2.85. The zero-order valence-corrected chi connectivity index (χ0v) is 12.6. The molecule has 0 radical (unpaired) electrons. The van der Waals surface area contributed by atoms with E-state index in [1.807, 2.05) is 0 Å². The van der Waals surface area contributed by atoms with Gasteiger partial charge in [0, 0.05) is 4.47 Å². The number of amides is 1. The maximum atomic E-state index is 13.8. The Morgan fingerprint density at radius 1 is 1.33 bits per heavy atom. The molecule has 8 heteroatoms. The summed E-state index contributed by atoms with van der Waals surface area (Å²) in [7, 11) is 0. The van der Waals surface area contributed by atoms with E-state index in [0.717, 1.165) is 25.0 Å². The summed E-state index contributed by atoms with van der Waals surface area (Å²) >= 11 is 2.96. The van der Waals surface area contributed by atoms with Crippen LogP contribution in [0.25, 0.3) is 0 Å². The van der Waals surface area contributed by atoms with Crippen LogP contribution in [-0.2, 0) is 4.79 Å². The first-order valence-corrected chi connectivity index (χ1v) is 7.14. The second kappa shape index (κ2) is 5.97. The van der Waals surface area contributed by atoms with E-state index < -0.39 is 28.6 Å². The second-order valence-electron chi connectivity index (χ2n) is 4.97. The summed E-state index contributed by atoms with van der Waals surface area (Å²) in [6.45, 7) is 0. The molecule has 0 spiro atoms. The van der Waals surface area contributed by atoms with Crippen molar-refractivity contribution < 1.29 is 18.8 Å². The maximum Gasteiger partial charge on any atom is 0.238 e. The molecule has 1 amide bonds. The quantitative estimate of drug-likeness (QED) is 0.334. The van der Waals surface area contributed by atoms with Crippen molar-refractivity contribution >= 4 is 33.4 Å². The van der Waals surface area contributed by atoms with E-state index in [-0.39, 0.29) is 10.3 Å². The highest BCUT2D eigenvalue weighted by atomic mass is 79.9. The zero-order chi connectivity index (χ0) is 15.6. The summed E-state index contributed by atoms with van der Waals surface area (Å²) in [5, 5.41) is 14.0. The molecule has 1 aliphatic carbocycles. The lowest BCUT2D eigenvalue weighted by Gasteiger charge is -2.26. The van der Waals surface area contributed by atoms with E-state index in [0.29, 0.717) is 12.8 Å². The van der Waals surface area contributed by atoms with Gasteiger partial charge in [0.2, 0.25) is 5.91 Å². The van der Waals surface area contributed by atoms with E-state index in [1.165, 1.54) is 0 Å². The molecule has 1 saturated carbocycles. The summed E-state index contributed by atoms with van der Waals surface area (Å²) in [6.07, 6.45) is 2.17. The van der Waals surface area contributed by atoms with Crippen LogP contribution in [0.3, 0.4) is 0 Å². The Morgan fingerprint density at radius 2 is 1.86 bits per heavy atom. The Morgan fingerprint density at radius 3 is 2.33 bits per heavy atom. The van der Waals surface area contributed by atoms with Gasteiger partial charge in [-0.05, 0) is 25.0 Å². The predicted octanol–water partition coefficient (Wildman–Crippen LogP) is 2.97. The molecular weight excluding hydrogens is 348 g/mol. The molecule has 0 bridgehead atoms. The number of oxime groups is 1. The molecule has 0 unspecified atom stereocenters. The van der Waals surface area contributed by atoms with Gasteiger partial charge in [-0.1, -0.05) is 33.9 Å². The molecular formula is C13H14BrF2N3O2. The van der Waals surface area contributed by atoms with Gasteiger partial charge in [-0.25, -0.2) is 8.78 Å². The van der Waals surface area contributed by atoms with E-state index >= 15 is 0 Å². The Kier molecular flexibility index (Phi) is 4.46. The van der Waals surface area contributed by atoms with Crippen LogP contribution < -0.4 is 11.1 Å². The summed E-state index contributed by atoms with van der Waals surface area (Å²) < 4.78 is 27.8. The van der Waals surface area contributed by atoms with Crippen LogP contribution in [0.5, 0.6) is 0 Å². The topological polar surface area (TPSA) is 87.7 Å². The average Bonchev–Trinajstić information content (AvgIpc) is 2.92. The third-order valence-electron chi connectivity index (χ3n) is 3.74. The minimum atomic E-state index is -1.22. The maximum absolute atomic E-state index is 13.8. The van der Waals surface area contributed by atoms with Crippen molar-refractivity contribution in [3.63, 3.8) is 0 Å². The minimum Gasteiger partial charge on any atom is -0.409 e. The van der Waals surface area contributed by atoms with Gasteiger partial charge < -0.3 is 16.3 Å². The third-order valence-corrected chi connectivity index (χ3v) is 4.19. The van der Waals surface area contributed by atoms with Crippen molar-refractivity contribution in [2.45, 2.75) is 25.7 Å². The average molecular weight is 362 g/mol. The lowest BCUT2D eigenvalue weighted by Crippen LogP contribution is -2.45. The fourth-order valence-electron chi connectivity index (χ4n) is 2.57. The minimum absolute atomic E-state index is 0.225. The number of halogens is 3. The molecule has 0 aromatic heterocycles. The molecule has 0 saturated heterocycles. The van der Waals surface area contributed by atoms with E-state index in [2.05, 4.69) is 26.4 Å². The standard InChI is InChI=1S/C13H14BrF2N3O2/c14-7-5-8(15)10(9(16)6-7)18-12(20)13(11(17)19-21)3-1-2-4-13/h5-6,21H,1-4H2,(H2,17,19)(H,18,20). The monoisotopic (exact) mass is 361 g/mol. The first-order chi connectivity index (χ1) is 9.90. The SMILES string of the molecule is NC(=NO)C1(C(=O)Nc2c(F)cc(Br)cc2F)CCCC1. The molecule has 1 aromatic carbocycles. The van der Waals surface area contributed by atoms with Crippen LogP contribution in [0.4, 0.5) is 14.5 Å². The van der Waals surface area contributed by atoms with Crippen molar-refractivity contribution in [2.75, 3.05) is 5.32 Å². The summed E-state index contributed by atoms with van der Waals surface area (Å²) in [4.78, 5) is 12.4. The molecule has 0 aliphatic heterocycles. The zero-order valence-electron chi connectivity index (χ0n) is 11.0. The fraction of sp³-hybridized carbons (Fsp3) is 0.385. The number of hydrogen-bond donors (Lipinski definition) is 3. The molecule has 1 aromatic rings. The van der Waals surface area contributed by atoms with Gasteiger partial charge in [-0.15, -0.1) is 0 Å². The largest absolute Gasteiger partial charge is 0.409 e. The van der Waals surface area contributed by atoms with Crippen LogP contribution in [0.15, 0.2) is 21.8 Å². The summed E-state index contributed by atoms with van der Waals surface area (Å²) in [5.74, 6) is -2.71. The van der Waals surface area contributed by atoms with Crippen LogP contribution in [-0.4, -0.2) is 17.0 Å². The highest BCUT2D eigenvalue weighted by Crippen LogP contribution is 2.40. The van der Waals surface area contributed by atoms with Crippen molar-refractivity contribution in [3.05, 3.63) is 28.2 Å². The molecule has 114 valence electrons. The number of rotatable bonds is 3. The number of hydrogen-bond acceptors (Lipinski definition) is 3. The Bertz CT molecular complexity index is 578. The van der Waals surface area contributed by atoms with Gasteiger partial charge >= 0.3 is 0 Å². The van der Waals surface area contributed by atoms with Crippen LogP contribution in [0.1, 0.15) is 25.7 Å². The van der Waals surface area contributed by atoms with Crippen LogP contribution in [0.2, 0.25) is 0 Å². The molecule has 1 fully saturated rings. The number of carbonyl (C=O) groups is 1. The van der Waals surface area contributed by atoms with Crippen molar-refractivity contribution in [2.24, 2.45) is 16.3 Å².